The Labute approximate surface area is 81.2 Å². The van der Waals surface area contributed by atoms with Crippen molar-refractivity contribution in [2.75, 3.05) is 13.7 Å². The Hall–Kier alpha value is -0.740. The van der Waals surface area contributed by atoms with Crippen molar-refractivity contribution in [1.82, 2.24) is 0 Å². The summed E-state index contributed by atoms with van der Waals surface area (Å²) in [6.07, 6.45) is 9.96. The van der Waals surface area contributed by atoms with E-state index in [4.69, 9.17) is 4.74 Å². The maximum atomic E-state index is 4.95. The molecule has 1 aliphatic carbocycles. The summed E-state index contributed by atoms with van der Waals surface area (Å²) >= 11 is 0. The van der Waals surface area contributed by atoms with Gasteiger partial charge in [0.25, 0.3) is 0 Å². The van der Waals surface area contributed by atoms with Crippen LogP contribution in [0.4, 0.5) is 0 Å². The number of allylic oxidation sites excluding steroid dienone is 2. The molecule has 0 spiro atoms. The van der Waals surface area contributed by atoms with Gasteiger partial charge in [-0.1, -0.05) is 17.9 Å². The molecule has 13 heavy (non-hydrogen) atoms. The molecule has 1 heteroatoms. The lowest BCUT2D eigenvalue weighted by atomic mass is 10.00. The molecule has 0 saturated carbocycles. The van der Waals surface area contributed by atoms with Crippen molar-refractivity contribution < 1.29 is 4.74 Å². The summed E-state index contributed by atoms with van der Waals surface area (Å²) in [7, 11) is 1.73. The third-order valence-corrected chi connectivity index (χ3v) is 2.05. The molecule has 1 radical (unpaired) electrons. The molecule has 0 N–H and O–H groups in total. The molecule has 0 unspecified atom stereocenters. The van der Waals surface area contributed by atoms with Crippen LogP contribution in [0.5, 0.6) is 0 Å². The first-order valence-electron chi connectivity index (χ1n) is 4.92. The molecule has 1 rings (SSSR count). The summed E-state index contributed by atoms with van der Waals surface area (Å²) < 4.78 is 4.95. The minimum absolute atomic E-state index is 0.821. The van der Waals surface area contributed by atoms with Crippen LogP contribution in [0, 0.1) is 18.3 Å². The van der Waals surface area contributed by atoms with Gasteiger partial charge in [-0.3, -0.25) is 0 Å². The van der Waals surface area contributed by atoms with Gasteiger partial charge in [0.05, 0.1) is 0 Å². The quantitative estimate of drug-likeness (QED) is 0.476. The number of ether oxygens (including phenoxy) is 1. The molecule has 0 bridgehead atoms. The smallest absolute Gasteiger partial charge is 0.0471 e. The average Bonchev–Trinajstić information content (AvgIpc) is 2.19. The van der Waals surface area contributed by atoms with E-state index < -0.39 is 0 Å². The maximum Gasteiger partial charge on any atom is 0.0471 e. The molecule has 1 nitrogen and oxygen atoms in total. The minimum atomic E-state index is 0.821. The number of unbranched alkanes of at least 4 members (excludes halogenated alkanes) is 1. The van der Waals surface area contributed by atoms with Crippen LogP contribution in [0.1, 0.15) is 32.1 Å². The highest BCUT2D eigenvalue weighted by molar-refractivity contribution is 5.30. The average molecular weight is 177 g/mol. The zero-order chi connectivity index (χ0) is 9.36. The van der Waals surface area contributed by atoms with E-state index in [0.29, 0.717) is 0 Å². The maximum absolute atomic E-state index is 4.95. The van der Waals surface area contributed by atoms with Crippen molar-refractivity contribution >= 4 is 0 Å². The van der Waals surface area contributed by atoms with Crippen LogP contribution in [0.2, 0.25) is 0 Å². The van der Waals surface area contributed by atoms with Gasteiger partial charge < -0.3 is 4.74 Å². The summed E-state index contributed by atoms with van der Waals surface area (Å²) in [4.78, 5) is 0. The highest BCUT2D eigenvalue weighted by Crippen LogP contribution is 2.15. The van der Waals surface area contributed by atoms with Gasteiger partial charge in [-0.05, 0) is 37.7 Å². The van der Waals surface area contributed by atoms with Crippen LogP contribution >= 0.6 is 0 Å². The molecule has 0 atom stereocenters. The van der Waals surface area contributed by atoms with Crippen molar-refractivity contribution in [2.24, 2.45) is 0 Å². The van der Waals surface area contributed by atoms with Gasteiger partial charge in [-0.25, -0.2) is 0 Å². The number of methoxy groups -OCH3 is 1. The van der Waals surface area contributed by atoms with Crippen molar-refractivity contribution in [3.63, 3.8) is 0 Å². The molecule has 71 valence electrons. The van der Waals surface area contributed by atoms with Crippen LogP contribution < -0.4 is 0 Å². The second kappa shape index (κ2) is 6.74. The van der Waals surface area contributed by atoms with Gasteiger partial charge in [-0.15, -0.1) is 0 Å². The molecule has 1 aliphatic rings. The third-order valence-electron chi connectivity index (χ3n) is 2.05. The van der Waals surface area contributed by atoms with Crippen LogP contribution in [0.15, 0.2) is 11.6 Å². The second-order valence-electron chi connectivity index (χ2n) is 3.19. The molecule has 0 amide bonds. The van der Waals surface area contributed by atoms with Crippen molar-refractivity contribution in [1.29, 1.82) is 0 Å². The zero-order valence-corrected chi connectivity index (χ0v) is 8.31. The van der Waals surface area contributed by atoms with Gasteiger partial charge in [0.15, 0.2) is 0 Å². The Balaban J connectivity index is 2.17. The van der Waals surface area contributed by atoms with Crippen LogP contribution in [0.3, 0.4) is 0 Å². The Morgan fingerprint density at radius 1 is 1.54 bits per heavy atom. The molecule has 0 aromatic heterocycles. The lowest BCUT2D eigenvalue weighted by Crippen LogP contribution is -1.90. The fourth-order valence-electron chi connectivity index (χ4n) is 1.30. The van der Waals surface area contributed by atoms with E-state index in [2.05, 4.69) is 24.3 Å². The Bertz CT molecular complexity index is 217. The van der Waals surface area contributed by atoms with Gasteiger partial charge in [-0.2, -0.15) is 0 Å². The topological polar surface area (TPSA) is 9.23 Å². The first kappa shape index (κ1) is 10.3. The minimum Gasteiger partial charge on any atom is -0.385 e. The summed E-state index contributed by atoms with van der Waals surface area (Å²) in [6, 6.07) is 0. The largest absolute Gasteiger partial charge is 0.385 e. The summed E-state index contributed by atoms with van der Waals surface area (Å²) in [6.45, 7) is 0.821. The van der Waals surface area contributed by atoms with Gasteiger partial charge in [0, 0.05) is 20.1 Å². The van der Waals surface area contributed by atoms with Crippen molar-refractivity contribution in [2.45, 2.75) is 32.1 Å². The number of rotatable bonds is 3. The molecule has 0 aliphatic heterocycles. The lowest BCUT2D eigenvalue weighted by Gasteiger charge is -2.05. The van der Waals surface area contributed by atoms with Gasteiger partial charge >= 0.3 is 0 Å². The highest BCUT2D eigenvalue weighted by atomic mass is 16.5. The normalized spacial score (nSPS) is 15.9. The van der Waals surface area contributed by atoms with Gasteiger partial charge in [0.2, 0.25) is 0 Å². The van der Waals surface area contributed by atoms with Crippen molar-refractivity contribution in [3.05, 3.63) is 18.1 Å². The Morgan fingerprint density at radius 2 is 2.46 bits per heavy atom. The number of hydrogen-bond donors (Lipinski definition) is 0. The number of hydrogen-bond acceptors (Lipinski definition) is 1. The molecule has 0 aromatic rings. The molecular formula is C12H17O. The van der Waals surface area contributed by atoms with Crippen LogP contribution in [-0.4, -0.2) is 13.7 Å². The second-order valence-corrected chi connectivity index (χ2v) is 3.19. The molecule has 0 saturated heterocycles. The first-order chi connectivity index (χ1) is 6.43. The molecule has 0 heterocycles. The lowest BCUT2D eigenvalue weighted by molar-refractivity contribution is 0.196. The first-order valence-corrected chi connectivity index (χ1v) is 4.92. The standard InChI is InChI=1S/C12H17O/c1-13-11-7-3-6-10-12-8-4-2-5-9-12/h2,8H,3-5,7,9,11H2,1H3. The van der Waals surface area contributed by atoms with E-state index in [9.17, 15) is 0 Å². The fraction of sp³-hybridized carbons (Fsp3) is 0.583. The third kappa shape index (κ3) is 4.75. The van der Waals surface area contributed by atoms with Crippen LogP contribution in [0.25, 0.3) is 0 Å². The SMILES string of the molecule is COCCCC#CC1=CC[CH]CC1. The zero-order valence-electron chi connectivity index (χ0n) is 8.31. The molecular weight excluding hydrogens is 160 g/mol. The predicted molar refractivity (Wildman–Crippen MR) is 55.1 cm³/mol. The highest BCUT2D eigenvalue weighted by Gasteiger charge is 1.99. The Kier molecular flexibility index (Phi) is 5.36. The van der Waals surface area contributed by atoms with Crippen LogP contribution in [-0.2, 0) is 4.74 Å². The van der Waals surface area contributed by atoms with E-state index >= 15 is 0 Å². The van der Waals surface area contributed by atoms with E-state index in [-0.39, 0.29) is 0 Å². The summed E-state index contributed by atoms with van der Waals surface area (Å²) in [5.74, 6) is 6.39. The van der Waals surface area contributed by atoms with Crippen molar-refractivity contribution in [3.8, 4) is 11.8 Å². The van der Waals surface area contributed by atoms with E-state index in [1.54, 1.807) is 7.11 Å². The molecule has 0 aromatic carbocycles. The molecule has 0 fully saturated rings. The van der Waals surface area contributed by atoms with E-state index in [0.717, 1.165) is 32.3 Å². The predicted octanol–water partition coefficient (Wildman–Crippen LogP) is 2.73. The summed E-state index contributed by atoms with van der Waals surface area (Å²) in [5.41, 5.74) is 1.32. The summed E-state index contributed by atoms with van der Waals surface area (Å²) in [5, 5.41) is 0. The fourth-order valence-corrected chi connectivity index (χ4v) is 1.30. The Morgan fingerprint density at radius 3 is 3.15 bits per heavy atom. The van der Waals surface area contributed by atoms with Gasteiger partial charge in [0.1, 0.15) is 0 Å². The van der Waals surface area contributed by atoms with E-state index in [1.807, 2.05) is 0 Å². The van der Waals surface area contributed by atoms with E-state index in [1.165, 1.54) is 12.0 Å². The monoisotopic (exact) mass is 177 g/mol.